The highest BCUT2D eigenvalue weighted by molar-refractivity contribution is 6.18. The Morgan fingerprint density at radius 3 is 2.79 bits per heavy atom. The van der Waals surface area contributed by atoms with Crippen LogP contribution in [0.25, 0.3) is 0 Å². The van der Waals surface area contributed by atoms with Gasteiger partial charge in [0.15, 0.2) is 0 Å². The maximum atomic E-state index is 11.9. The van der Waals surface area contributed by atoms with Crippen molar-refractivity contribution in [3.05, 3.63) is 30.3 Å². The van der Waals surface area contributed by atoms with Crippen molar-refractivity contribution in [3.8, 4) is 0 Å². The Balaban J connectivity index is 1.91. The Hall–Kier alpha value is -1.75. The van der Waals surface area contributed by atoms with Gasteiger partial charge in [-0.25, -0.2) is 4.79 Å². The lowest BCUT2D eigenvalue weighted by atomic mass is 10.2. The van der Waals surface area contributed by atoms with E-state index in [1.165, 1.54) is 0 Å². The van der Waals surface area contributed by atoms with Crippen LogP contribution in [0.3, 0.4) is 0 Å². The first-order valence-corrected chi connectivity index (χ1v) is 6.70. The number of alkyl halides is 1. The monoisotopic (exact) mass is 281 g/mol. The van der Waals surface area contributed by atoms with Crippen LogP contribution in [0, 0.1) is 0 Å². The molecule has 6 heteroatoms. The van der Waals surface area contributed by atoms with Crippen LogP contribution >= 0.6 is 11.6 Å². The van der Waals surface area contributed by atoms with Crippen LogP contribution in [-0.4, -0.2) is 36.9 Å². The largest absolute Gasteiger partial charge is 0.337 e. The van der Waals surface area contributed by atoms with Gasteiger partial charge >= 0.3 is 6.03 Å². The second-order valence-corrected chi connectivity index (χ2v) is 4.71. The fraction of sp³-hybridized carbons (Fsp3) is 0.385. The maximum absolute atomic E-state index is 11.9. The first-order chi connectivity index (χ1) is 9.20. The molecule has 1 aliphatic rings. The lowest BCUT2D eigenvalue weighted by Gasteiger charge is -2.17. The van der Waals surface area contributed by atoms with E-state index in [0.29, 0.717) is 25.4 Å². The molecule has 0 aromatic heterocycles. The molecule has 1 heterocycles. The SMILES string of the molecule is O=C(NCCCl)N[C@@H]1CC(=O)N(c2ccccc2)C1. The number of urea groups is 1. The van der Waals surface area contributed by atoms with Crippen LogP contribution < -0.4 is 15.5 Å². The Labute approximate surface area is 116 Å². The molecule has 0 unspecified atom stereocenters. The van der Waals surface area contributed by atoms with Crippen LogP contribution in [0.5, 0.6) is 0 Å². The number of benzene rings is 1. The number of amides is 3. The number of para-hydroxylation sites is 1. The summed E-state index contributed by atoms with van der Waals surface area (Å²) in [5, 5.41) is 5.39. The first-order valence-electron chi connectivity index (χ1n) is 6.16. The van der Waals surface area contributed by atoms with Crippen molar-refractivity contribution >= 4 is 29.2 Å². The maximum Gasteiger partial charge on any atom is 0.315 e. The Morgan fingerprint density at radius 2 is 2.11 bits per heavy atom. The molecule has 0 radical (unpaired) electrons. The van der Waals surface area contributed by atoms with Crippen LogP contribution in [-0.2, 0) is 4.79 Å². The third-order valence-corrected chi connectivity index (χ3v) is 3.10. The first kappa shape index (κ1) is 13.7. The van der Waals surface area contributed by atoms with Crippen molar-refractivity contribution in [2.24, 2.45) is 0 Å². The molecule has 1 aromatic carbocycles. The van der Waals surface area contributed by atoms with Gasteiger partial charge in [-0.05, 0) is 12.1 Å². The van der Waals surface area contributed by atoms with Gasteiger partial charge in [-0.3, -0.25) is 4.79 Å². The van der Waals surface area contributed by atoms with Crippen LogP contribution in [0.1, 0.15) is 6.42 Å². The van der Waals surface area contributed by atoms with Gasteiger partial charge < -0.3 is 15.5 Å². The molecular weight excluding hydrogens is 266 g/mol. The van der Waals surface area contributed by atoms with Gasteiger partial charge in [0.1, 0.15) is 0 Å². The van der Waals surface area contributed by atoms with Gasteiger partial charge in [0.25, 0.3) is 0 Å². The predicted octanol–water partition coefficient (Wildman–Crippen LogP) is 1.33. The average Bonchev–Trinajstić information content (AvgIpc) is 2.78. The highest BCUT2D eigenvalue weighted by atomic mass is 35.5. The van der Waals surface area contributed by atoms with Crippen molar-refractivity contribution in [2.75, 3.05) is 23.9 Å². The number of carbonyl (C=O) groups excluding carboxylic acids is 2. The minimum Gasteiger partial charge on any atom is -0.337 e. The highest BCUT2D eigenvalue weighted by Crippen LogP contribution is 2.20. The third kappa shape index (κ3) is 3.61. The third-order valence-electron chi connectivity index (χ3n) is 2.91. The van der Waals surface area contributed by atoms with Crippen LogP contribution in [0.15, 0.2) is 30.3 Å². The molecule has 3 amide bonds. The topological polar surface area (TPSA) is 61.4 Å². The molecule has 1 aliphatic heterocycles. The molecule has 2 N–H and O–H groups in total. The van der Waals surface area contributed by atoms with Crippen molar-refractivity contribution in [1.82, 2.24) is 10.6 Å². The summed E-state index contributed by atoms with van der Waals surface area (Å²) in [6.07, 6.45) is 0.323. The van der Waals surface area contributed by atoms with E-state index in [2.05, 4.69) is 10.6 Å². The second kappa shape index (κ2) is 6.43. The molecule has 1 saturated heterocycles. The lowest BCUT2D eigenvalue weighted by molar-refractivity contribution is -0.117. The minimum atomic E-state index is -0.284. The number of rotatable bonds is 4. The highest BCUT2D eigenvalue weighted by Gasteiger charge is 2.31. The van der Waals surface area contributed by atoms with Gasteiger partial charge in [0.2, 0.25) is 5.91 Å². The van der Waals surface area contributed by atoms with E-state index in [1.807, 2.05) is 30.3 Å². The number of hydrogen-bond acceptors (Lipinski definition) is 2. The zero-order valence-electron chi connectivity index (χ0n) is 10.4. The fourth-order valence-electron chi connectivity index (χ4n) is 2.06. The van der Waals surface area contributed by atoms with Crippen molar-refractivity contribution < 1.29 is 9.59 Å². The van der Waals surface area contributed by atoms with Crippen molar-refractivity contribution in [2.45, 2.75) is 12.5 Å². The van der Waals surface area contributed by atoms with Gasteiger partial charge in [-0.2, -0.15) is 0 Å². The summed E-state index contributed by atoms with van der Waals surface area (Å²) in [5.74, 6) is 0.390. The lowest BCUT2D eigenvalue weighted by Crippen LogP contribution is -2.43. The van der Waals surface area contributed by atoms with Crippen LogP contribution in [0.4, 0.5) is 10.5 Å². The van der Waals surface area contributed by atoms with E-state index >= 15 is 0 Å². The van der Waals surface area contributed by atoms with Crippen LogP contribution in [0.2, 0.25) is 0 Å². The van der Waals surface area contributed by atoms with E-state index in [0.717, 1.165) is 5.69 Å². The molecule has 0 saturated carbocycles. The zero-order chi connectivity index (χ0) is 13.7. The van der Waals surface area contributed by atoms with E-state index in [9.17, 15) is 9.59 Å². The summed E-state index contributed by atoms with van der Waals surface area (Å²) in [6.45, 7) is 0.910. The predicted molar refractivity (Wildman–Crippen MR) is 74.5 cm³/mol. The number of nitrogens with one attached hydrogen (secondary N) is 2. The van der Waals surface area contributed by atoms with E-state index < -0.39 is 0 Å². The number of anilines is 1. The van der Waals surface area contributed by atoms with Gasteiger partial charge in [-0.1, -0.05) is 18.2 Å². The average molecular weight is 282 g/mol. The number of carbonyl (C=O) groups is 2. The molecule has 0 spiro atoms. The van der Waals surface area contributed by atoms with Crippen molar-refractivity contribution in [3.63, 3.8) is 0 Å². The van der Waals surface area contributed by atoms with E-state index in [1.54, 1.807) is 4.90 Å². The molecule has 0 aliphatic carbocycles. The summed E-state index contributed by atoms with van der Waals surface area (Å²) < 4.78 is 0. The number of halogens is 1. The number of nitrogens with zero attached hydrogens (tertiary/aromatic N) is 1. The molecule has 1 atom stereocenters. The van der Waals surface area contributed by atoms with Crippen molar-refractivity contribution in [1.29, 1.82) is 0 Å². The van der Waals surface area contributed by atoms with Gasteiger partial charge in [-0.15, -0.1) is 11.6 Å². The summed E-state index contributed by atoms with van der Waals surface area (Å²) in [4.78, 5) is 25.1. The molecule has 19 heavy (non-hydrogen) atoms. The summed E-state index contributed by atoms with van der Waals surface area (Å²) in [5.41, 5.74) is 0.859. The molecule has 5 nitrogen and oxygen atoms in total. The summed E-state index contributed by atoms with van der Waals surface area (Å²) >= 11 is 5.48. The Kier molecular flexibility index (Phi) is 4.63. The van der Waals surface area contributed by atoms with E-state index in [4.69, 9.17) is 11.6 Å². The molecule has 1 aromatic rings. The van der Waals surface area contributed by atoms with E-state index in [-0.39, 0.29) is 18.0 Å². The molecule has 102 valence electrons. The quantitative estimate of drug-likeness (QED) is 0.818. The Bertz CT molecular complexity index is 452. The normalized spacial score (nSPS) is 18.5. The molecule has 2 rings (SSSR count). The smallest absolute Gasteiger partial charge is 0.315 e. The summed E-state index contributed by atoms with van der Waals surface area (Å²) in [7, 11) is 0. The molecule has 0 bridgehead atoms. The van der Waals surface area contributed by atoms with Gasteiger partial charge in [0.05, 0.1) is 6.04 Å². The summed E-state index contributed by atoms with van der Waals surface area (Å²) in [6, 6.07) is 8.99. The van der Waals surface area contributed by atoms with Gasteiger partial charge in [0, 0.05) is 31.1 Å². The Morgan fingerprint density at radius 1 is 1.37 bits per heavy atom. The zero-order valence-corrected chi connectivity index (χ0v) is 11.2. The second-order valence-electron chi connectivity index (χ2n) is 4.33. The fourth-order valence-corrected chi connectivity index (χ4v) is 2.15. The minimum absolute atomic E-state index is 0.0221. The molecular formula is C13H16ClN3O2. The number of hydrogen-bond donors (Lipinski definition) is 2. The standard InChI is InChI=1S/C13H16ClN3O2/c14-6-7-15-13(19)16-10-8-12(18)17(9-10)11-4-2-1-3-5-11/h1-5,10H,6-9H2,(H2,15,16,19)/t10-/m1/s1. The molecule has 1 fully saturated rings.